The first-order chi connectivity index (χ1) is 16.3. The molecule has 33 heavy (non-hydrogen) atoms. The summed E-state index contributed by atoms with van der Waals surface area (Å²) in [7, 11) is 0. The highest BCUT2D eigenvalue weighted by molar-refractivity contribution is 7.25. The van der Waals surface area contributed by atoms with Crippen molar-refractivity contribution in [2.75, 3.05) is 0 Å². The monoisotopic (exact) mass is 441 g/mol. The van der Waals surface area contributed by atoms with Gasteiger partial charge in [0.15, 0.2) is 5.82 Å². The van der Waals surface area contributed by atoms with Crippen molar-refractivity contribution in [2.45, 2.75) is 6.92 Å². The van der Waals surface area contributed by atoms with Crippen molar-refractivity contribution in [3.63, 3.8) is 0 Å². The van der Waals surface area contributed by atoms with E-state index >= 15 is 0 Å². The summed E-state index contributed by atoms with van der Waals surface area (Å²) in [6, 6.07) is 34.2. The van der Waals surface area contributed by atoms with Gasteiger partial charge in [-0.05, 0) is 37.3 Å². The molecule has 3 aromatic heterocycles. The Morgan fingerprint density at radius 3 is 2.27 bits per heavy atom. The van der Waals surface area contributed by atoms with E-state index in [0.717, 1.165) is 33.1 Å². The molecular weight excluding hydrogens is 422 g/mol. The SMILES string of the molecule is Cc1nc(-c2ccc3c4ccccc4n(-c4ccccc4)c3c2)nc2sc3ccccc3c12. The first-order valence-corrected chi connectivity index (χ1v) is 11.8. The average molecular weight is 442 g/mol. The number of benzene rings is 4. The average Bonchev–Trinajstić information content (AvgIpc) is 3.40. The molecule has 4 heteroatoms. The molecule has 0 bridgehead atoms. The summed E-state index contributed by atoms with van der Waals surface area (Å²) in [4.78, 5) is 11.0. The van der Waals surface area contributed by atoms with E-state index in [1.165, 1.54) is 31.8 Å². The molecule has 0 N–H and O–H groups in total. The quantitative estimate of drug-likeness (QED) is 0.273. The number of nitrogens with zero attached hydrogens (tertiary/aromatic N) is 3. The van der Waals surface area contributed by atoms with Gasteiger partial charge in [-0.3, -0.25) is 0 Å². The number of rotatable bonds is 2. The van der Waals surface area contributed by atoms with E-state index in [2.05, 4.69) is 109 Å². The minimum absolute atomic E-state index is 0.776. The van der Waals surface area contributed by atoms with Crippen LogP contribution in [0.25, 0.3) is 59.2 Å². The highest BCUT2D eigenvalue weighted by atomic mass is 32.1. The van der Waals surface area contributed by atoms with Crippen molar-refractivity contribution in [3.05, 3.63) is 103 Å². The van der Waals surface area contributed by atoms with Crippen molar-refractivity contribution < 1.29 is 0 Å². The number of thiophene rings is 1. The number of hydrogen-bond donors (Lipinski definition) is 0. The minimum atomic E-state index is 0.776. The third kappa shape index (κ3) is 2.74. The van der Waals surface area contributed by atoms with Gasteiger partial charge in [-0.15, -0.1) is 11.3 Å². The molecule has 156 valence electrons. The molecule has 0 saturated heterocycles. The maximum absolute atomic E-state index is 5.00. The predicted molar refractivity (Wildman–Crippen MR) is 139 cm³/mol. The predicted octanol–water partition coefficient (Wildman–Crippen LogP) is 7.92. The van der Waals surface area contributed by atoms with E-state index < -0.39 is 0 Å². The maximum atomic E-state index is 5.00. The number of aryl methyl sites for hydroxylation is 1. The Balaban J connectivity index is 1.51. The third-order valence-electron chi connectivity index (χ3n) is 6.37. The van der Waals surface area contributed by atoms with E-state index in [0.29, 0.717) is 0 Å². The molecule has 7 aromatic rings. The first kappa shape index (κ1) is 18.5. The molecule has 7 rings (SSSR count). The van der Waals surface area contributed by atoms with Crippen LogP contribution < -0.4 is 0 Å². The summed E-state index contributed by atoms with van der Waals surface area (Å²) in [5, 5.41) is 4.89. The lowest BCUT2D eigenvalue weighted by Gasteiger charge is -2.09. The minimum Gasteiger partial charge on any atom is -0.309 e. The summed E-state index contributed by atoms with van der Waals surface area (Å²) in [5.74, 6) is 0.776. The van der Waals surface area contributed by atoms with Crippen LogP contribution in [0.5, 0.6) is 0 Å². The Labute approximate surface area is 194 Å². The zero-order valence-corrected chi connectivity index (χ0v) is 18.8. The molecule has 3 nitrogen and oxygen atoms in total. The smallest absolute Gasteiger partial charge is 0.161 e. The molecule has 3 heterocycles. The standard InChI is InChI=1S/C29H19N3S/c1-18-27-23-12-6-8-14-26(23)33-29(27)31-28(30-18)19-15-16-22-21-11-5-7-13-24(21)32(25(22)17-19)20-9-3-2-4-10-20/h2-17H,1H3. The molecule has 0 saturated carbocycles. The Morgan fingerprint density at radius 2 is 1.39 bits per heavy atom. The molecule has 0 unspecified atom stereocenters. The van der Waals surface area contributed by atoms with Gasteiger partial charge < -0.3 is 4.57 Å². The second-order valence-electron chi connectivity index (χ2n) is 8.33. The van der Waals surface area contributed by atoms with Crippen molar-refractivity contribution in [3.8, 4) is 17.1 Å². The fourth-order valence-corrected chi connectivity index (χ4v) is 6.02. The number of fused-ring (bicyclic) bond motifs is 6. The normalized spacial score (nSPS) is 11.8. The van der Waals surface area contributed by atoms with Crippen molar-refractivity contribution in [2.24, 2.45) is 0 Å². The first-order valence-electron chi connectivity index (χ1n) is 11.0. The van der Waals surface area contributed by atoms with Crippen LogP contribution in [0.4, 0.5) is 0 Å². The van der Waals surface area contributed by atoms with Gasteiger partial charge in [0, 0.05) is 37.5 Å². The molecular formula is C29H19N3S. The summed E-state index contributed by atoms with van der Waals surface area (Å²) >= 11 is 1.74. The molecule has 4 aromatic carbocycles. The van der Waals surface area contributed by atoms with Gasteiger partial charge in [0.25, 0.3) is 0 Å². The van der Waals surface area contributed by atoms with Gasteiger partial charge in [0.2, 0.25) is 0 Å². The van der Waals surface area contributed by atoms with Gasteiger partial charge in [0.05, 0.1) is 16.7 Å². The summed E-state index contributed by atoms with van der Waals surface area (Å²) in [6.45, 7) is 2.09. The molecule has 0 aliphatic rings. The summed E-state index contributed by atoms with van der Waals surface area (Å²) in [6.07, 6.45) is 0. The molecule has 0 atom stereocenters. The Kier molecular flexibility index (Phi) is 3.93. The molecule has 0 spiro atoms. The number of aromatic nitrogens is 3. The molecule has 0 aliphatic heterocycles. The van der Waals surface area contributed by atoms with Crippen LogP contribution in [-0.2, 0) is 0 Å². The molecule has 0 fully saturated rings. The van der Waals surface area contributed by atoms with Gasteiger partial charge in [-0.2, -0.15) is 0 Å². The Morgan fingerprint density at radius 1 is 0.667 bits per heavy atom. The van der Waals surface area contributed by atoms with Crippen LogP contribution in [-0.4, -0.2) is 14.5 Å². The van der Waals surface area contributed by atoms with Crippen molar-refractivity contribution in [1.82, 2.24) is 14.5 Å². The number of para-hydroxylation sites is 2. The lowest BCUT2D eigenvalue weighted by Crippen LogP contribution is -1.95. The van der Waals surface area contributed by atoms with E-state index in [9.17, 15) is 0 Å². The fourth-order valence-electron chi connectivity index (χ4n) is 4.89. The lowest BCUT2D eigenvalue weighted by molar-refractivity contribution is 1.16. The van der Waals surface area contributed by atoms with Crippen LogP contribution in [0.2, 0.25) is 0 Å². The lowest BCUT2D eigenvalue weighted by atomic mass is 10.1. The zero-order valence-electron chi connectivity index (χ0n) is 18.0. The third-order valence-corrected chi connectivity index (χ3v) is 7.43. The van der Waals surface area contributed by atoms with E-state index in [1.54, 1.807) is 11.3 Å². The molecule has 0 radical (unpaired) electrons. The summed E-state index contributed by atoms with van der Waals surface area (Å²) < 4.78 is 3.58. The van der Waals surface area contributed by atoms with Crippen molar-refractivity contribution >= 4 is 53.4 Å². The second-order valence-corrected chi connectivity index (χ2v) is 9.36. The van der Waals surface area contributed by atoms with Crippen LogP contribution >= 0.6 is 11.3 Å². The van der Waals surface area contributed by atoms with E-state index in [-0.39, 0.29) is 0 Å². The number of hydrogen-bond acceptors (Lipinski definition) is 3. The second kappa shape index (κ2) is 6.99. The van der Waals surface area contributed by atoms with E-state index in [1.807, 2.05) is 0 Å². The van der Waals surface area contributed by atoms with Crippen LogP contribution in [0.15, 0.2) is 97.1 Å². The Hall–Kier alpha value is -4.02. The Bertz CT molecular complexity index is 1830. The maximum Gasteiger partial charge on any atom is 0.161 e. The van der Waals surface area contributed by atoms with E-state index in [4.69, 9.17) is 9.97 Å². The van der Waals surface area contributed by atoms with Gasteiger partial charge in [-0.1, -0.05) is 66.7 Å². The topological polar surface area (TPSA) is 30.7 Å². The zero-order chi connectivity index (χ0) is 21.9. The van der Waals surface area contributed by atoms with Crippen LogP contribution in [0, 0.1) is 6.92 Å². The van der Waals surface area contributed by atoms with Gasteiger partial charge >= 0.3 is 0 Å². The van der Waals surface area contributed by atoms with Crippen LogP contribution in [0.1, 0.15) is 5.69 Å². The fraction of sp³-hybridized carbons (Fsp3) is 0.0345. The highest BCUT2D eigenvalue weighted by Gasteiger charge is 2.16. The highest BCUT2D eigenvalue weighted by Crippen LogP contribution is 2.37. The van der Waals surface area contributed by atoms with Crippen molar-refractivity contribution in [1.29, 1.82) is 0 Å². The molecule has 0 aliphatic carbocycles. The van der Waals surface area contributed by atoms with Gasteiger partial charge in [-0.25, -0.2) is 9.97 Å². The largest absolute Gasteiger partial charge is 0.309 e. The molecule has 0 amide bonds. The van der Waals surface area contributed by atoms with Gasteiger partial charge in [0.1, 0.15) is 4.83 Å². The summed E-state index contributed by atoms with van der Waals surface area (Å²) in [5.41, 5.74) is 5.57. The van der Waals surface area contributed by atoms with Crippen LogP contribution in [0.3, 0.4) is 0 Å².